The van der Waals surface area contributed by atoms with Gasteiger partial charge in [-0.1, -0.05) is 0 Å². The van der Waals surface area contributed by atoms with Crippen LogP contribution in [0, 0.1) is 0 Å². The van der Waals surface area contributed by atoms with Crippen LogP contribution in [0.4, 0.5) is 0 Å². The summed E-state index contributed by atoms with van der Waals surface area (Å²) in [5.41, 5.74) is 5.50. The molecule has 0 saturated carbocycles. The Labute approximate surface area is 79.3 Å². The maximum absolute atomic E-state index is 11.6. The molecule has 0 aliphatic carbocycles. The summed E-state index contributed by atoms with van der Waals surface area (Å²) in [6.45, 7) is 3.96. The first kappa shape index (κ1) is 10.9. The van der Waals surface area contributed by atoms with Crippen molar-refractivity contribution in [2.45, 2.75) is 13.0 Å². The maximum atomic E-state index is 11.6. The molecule has 0 aromatic carbocycles. The first-order valence-electron chi connectivity index (χ1n) is 4.52. The third-order valence-electron chi connectivity index (χ3n) is 2.29. The van der Waals surface area contributed by atoms with E-state index in [0.29, 0.717) is 19.6 Å². The third kappa shape index (κ3) is 2.40. The number of hydrogen-bond acceptors (Lipinski definition) is 4. The minimum absolute atomic E-state index is 0.0706. The van der Waals surface area contributed by atoms with Crippen LogP contribution in [0.15, 0.2) is 0 Å². The van der Waals surface area contributed by atoms with E-state index in [9.17, 15) is 8.42 Å². The van der Waals surface area contributed by atoms with E-state index in [-0.39, 0.29) is 11.8 Å². The lowest BCUT2D eigenvalue weighted by atomic mass is 10.2. The van der Waals surface area contributed by atoms with Crippen molar-refractivity contribution in [1.29, 1.82) is 0 Å². The summed E-state index contributed by atoms with van der Waals surface area (Å²) in [6, 6.07) is -0.0706. The van der Waals surface area contributed by atoms with Gasteiger partial charge in [0.25, 0.3) is 0 Å². The van der Waals surface area contributed by atoms with Crippen molar-refractivity contribution >= 4 is 10.0 Å². The molecule has 5 nitrogen and oxygen atoms in total. The Morgan fingerprint density at radius 3 is 2.85 bits per heavy atom. The van der Waals surface area contributed by atoms with E-state index in [1.807, 2.05) is 0 Å². The zero-order chi connectivity index (χ0) is 9.90. The van der Waals surface area contributed by atoms with Gasteiger partial charge in [0, 0.05) is 32.2 Å². The molecule has 0 spiro atoms. The van der Waals surface area contributed by atoms with Crippen molar-refractivity contribution in [3.05, 3.63) is 0 Å². The van der Waals surface area contributed by atoms with Gasteiger partial charge in [-0.15, -0.1) is 0 Å². The van der Waals surface area contributed by atoms with Gasteiger partial charge in [-0.05, 0) is 6.92 Å². The molecule has 0 bridgehead atoms. The summed E-state index contributed by atoms with van der Waals surface area (Å²) in [4.78, 5) is 0. The Bertz CT molecular complexity index is 252. The van der Waals surface area contributed by atoms with Crippen LogP contribution in [0.25, 0.3) is 0 Å². The molecule has 1 aliphatic heterocycles. The topological polar surface area (TPSA) is 75.4 Å². The normalized spacial score (nSPS) is 26.2. The summed E-state index contributed by atoms with van der Waals surface area (Å²) in [7, 11) is -3.07. The summed E-state index contributed by atoms with van der Waals surface area (Å²) < 4.78 is 24.6. The second kappa shape index (κ2) is 4.36. The quantitative estimate of drug-likeness (QED) is 0.595. The highest BCUT2D eigenvalue weighted by atomic mass is 32.2. The van der Waals surface area contributed by atoms with Crippen molar-refractivity contribution < 1.29 is 8.42 Å². The predicted octanol–water partition coefficient (Wildman–Crippen LogP) is -1.43. The second-order valence-electron chi connectivity index (χ2n) is 3.10. The number of nitrogens with two attached hydrogens (primary N) is 1. The number of hydrogen-bond donors (Lipinski definition) is 2. The van der Waals surface area contributed by atoms with Crippen LogP contribution in [-0.2, 0) is 10.0 Å². The van der Waals surface area contributed by atoms with Crippen LogP contribution in [0.1, 0.15) is 6.92 Å². The minimum atomic E-state index is -3.07. The van der Waals surface area contributed by atoms with E-state index in [1.165, 1.54) is 4.31 Å². The molecule has 3 N–H and O–H groups in total. The van der Waals surface area contributed by atoms with Crippen molar-refractivity contribution in [3.63, 3.8) is 0 Å². The Morgan fingerprint density at radius 1 is 1.62 bits per heavy atom. The Morgan fingerprint density at radius 2 is 2.31 bits per heavy atom. The van der Waals surface area contributed by atoms with Gasteiger partial charge in [0.1, 0.15) is 0 Å². The standard InChI is InChI=1S/C7H17N3O2S/c1-2-13(11,12)10-4-3-9-6-7(10)5-8/h7,9H,2-6,8H2,1H3. The first-order valence-corrected chi connectivity index (χ1v) is 6.13. The van der Waals surface area contributed by atoms with Crippen molar-refractivity contribution in [2.24, 2.45) is 5.73 Å². The van der Waals surface area contributed by atoms with E-state index in [1.54, 1.807) is 6.92 Å². The van der Waals surface area contributed by atoms with Crippen LogP contribution >= 0.6 is 0 Å². The molecule has 1 fully saturated rings. The van der Waals surface area contributed by atoms with E-state index < -0.39 is 10.0 Å². The maximum Gasteiger partial charge on any atom is 0.214 e. The molecular weight excluding hydrogens is 190 g/mol. The van der Waals surface area contributed by atoms with Crippen molar-refractivity contribution in [3.8, 4) is 0 Å². The summed E-state index contributed by atoms with van der Waals surface area (Å²) in [6.07, 6.45) is 0. The fourth-order valence-electron chi connectivity index (χ4n) is 1.48. The zero-order valence-electron chi connectivity index (χ0n) is 7.86. The highest BCUT2D eigenvalue weighted by Crippen LogP contribution is 2.08. The molecule has 0 aromatic rings. The van der Waals surface area contributed by atoms with Crippen LogP contribution < -0.4 is 11.1 Å². The molecule has 1 aliphatic rings. The van der Waals surface area contributed by atoms with Gasteiger partial charge in [0.2, 0.25) is 10.0 Å². The van der Waals surface area contributed by atoms with Crippen molar-refractivity contribution in [2.75, 3.05) is 31.9 Å². The average molecular weight is 207 g/mol. The van der Waals surface area contributed by atoms with Gasteiger partial charge in [-0.2, -0.15) is 4.31 Å². The lowest BCUT2D eigenvalue weighted by molar-refractivity contribution is 0.273. The fourth-order valence-corrected chi connectivity index (χ4v) is 2.79. The number of rotatable bonds is 3. The molecule has 1 rings (SSSR count). The zero-order valence-corrected chi connectivity index (χ0v) is 8.68. The minimum Gasteiger partial charge on any atom is -0.329 e. The van der Waals surface area contributed by atoms with Crippen LogP contribution in [0.2, 0.25) is 0 Å². The molecule has 78 valence electrons. The first-order chi connectivity index (χ1) is 6.11. The van der Waals surface area contributed by atoms with Gasteiger partial charge in [0.15, 0.2) is 0 Å². The van der Waals surface area contributed by atoms with Gasteiger partial charge in [0.05, 0.1) is 5.75 Å². The lowest BCUT2D eigenvalue weighted by Gasteiger charge is -2.34. The largest absolute Gasteiger partial charge is 0.329 e. The monoisotopic (exact) mass is 207 g/mol. The smallest absolute Gasteiger partial charge is 0.214 e. The molecule has 0 amide bonds. The average Bonchev–Trinajstić information content (AvgIpc) is 2.18. The highest BCUT2D eigenvalue weighted by molar-refractivity contribution is 7.89. The second-order valence-corrected chi connectivity index (χ2v) is 5.32. The molecule has 13 heavy (non-hydrogen) atoms. The number of nitrogens with zero attached hydrogens (tertiary/aromatic N) is 1. The van der Waals surface area contributed by atoms with E-state index in [0.717, 1.165) is 6.54 Å². The summed E-state index contributed by atoms with van der Waals surface area (Å²) in [5, 5.41) is 3.13. The SMILES string of the molecule is CCS(=O)(=O)N1CCNCC1CN. The molecular formula is C7H17N3O2S. The van der Waals surface area contributed by atoms with Gasteiger partial charge in [-0.3, -0.25) is 0 Å². The predicted molar refractivity (Wildman–Crippen MR) is 51.9 cm³/mol. The summed E-state index contributed by atoms with van der Waals surface area (Å²) >= 11 is 0. The van der Waals surface area contributed by atoms with E-state index >= 15 is 0 Å². The van der Waals surface area contributed by atoms with E-state index in [4.69, 9.17) is 5.73 Å². The molecule has 1 atom stereocenters. The number of piperazine rings is 1. The third-order valence-corrected chi connectivity index (χ3v) is 4.22. The molecule has 1 heterocycles. The van der Waals surface area contributed by atoms with Gasteiger partial charge < -0.3 is 11.1 Å². The van der Waals surface area contributed by atoms with Gasteiger partial charge in [-0.25, -0.2) is 8.42 Å². The number of sulfonamides is 1. The Balaban J connectivity index is 2.75. The van der Waals surface area contributed by atoms with Crippen LogP contribution in [-0.4, -0.2) is 50.7 Å². The van der Waals surface area contributed by atoms with Crippen LogP contribution in [0.5, 0.6) is 0 Å². The van der Waals surface area contributed by atoms with Crippen molar-refractivity contribution in [1.82, 2.24) is 9.62 Å². The van der Waals surface area contributed by atoms with Gasteiger partial charge >= 0.3 is 0 Å². The molecule has 0 radical (unpaired) electrons. The summed E-state index contributed by atoms with van der Waals surface area (Å²) in [5.74, 6) is 0.156. The highest BCUT2D eigenvalue weighted by Gasteiger charge is 2.29. The Hall–Kier alpha value is -0.170. The lowest BCUT2D eigenvalue weighted by Crippen LogP contribution is -2.56. The Kier molecular flexibility index (Phi) is 3.66. The van der Waals surface area contributed by atoms with Crippen LogP contribution in [0.3, 0.4) is 0 Å². The molecule has 6 heteroatoms. The number of nitrogens with one attached hydrogen (secondary N) is 1. The molecule has 1 unspecified atom stereocenters. The fraction of sp³-hybridized carbons (Fsp3) is 1.00. The van der Waals surface area contributed by atoms with E-state index in [2.05, 4.69) is 5.32 Å². The molecule has 1 saturated heterocycles. The molecule has 0 aromatic heterocycles.